The van der Waals surface area contributed by atoms with E-state index in [0.29, 0.717) is 0 Å². The van der Waals surface area contributed by atoms with Gasteiger partial charge in [-0.3, -0.25) is 4.98 Å². The largest absolute Gasteiger partial charge is 0.305 e. The van der Waals surface area contributed by atoms with E-state index >= 15 is 0 Å². The summed E-state index contributed by atoms with van der Waals surface area (Å²) in [6.45, 7) is 7.96. The third kappa shape index (κ3) is 3.15. The maximum Gasteiger partial charge on any atom is 0.107 e. The molecule has 1 N–H and O–H groups in total. The van der Waals surface area contributed by atoms with Gasteiger partial charge in [-0.15, -0.1) is 11.3 Å². The second-order valence-corrected chi connectivity index (χ2v) is 5.60. The molecule has 0 radical (unpaired) electrons. The van der Waals surface area contributed by atoms with Crippen LogP contribution in [0.1, 0.15) is 33.8 Å². The van der Waals surface area contributed by atoms with Crippen LogP contribution in [-0.4, -0.2) is 9.97 Å². The fraction of sp³-hybridized carbons (Fsp3) is 0.429. The maximum absolute atomic E-state index is 4.52. The number of aryl methyl sites for hydroxylation is 3. The van der Waals surface area contributed by atoms with E-state index in [2.05, 4.69) is 42.1 Å². The molecule has 2 aromatic rings. The Labute approximate surface area is 112 Å². The Kier molecular flexibility index (Phi) is 4.44. The number of nitrogens with one attached hydrogen (secondary N) is 1. The van der Waals surface area contributed by atoms with Crippen molar-refractivity contribution in [3.8, 4) is 0 Å². The Balaban J connectivity index is 1.92. The molecule has 96 valence electrons. The summed E-state index contributed by atoms with van der Waals surface area (Å²) in [4.78, 5) is 10.2. The first kappa shape index (κ1) is 13.2. The predicted molar refractivity (Wildman–Crippen MR) is 75.7 cm³/mol. The molecule has 0 aliphatic heterocycles. The second kappa shape index (κ2) is 6.07. The third-order valence-corrected chi connectivity index (χ3v) is 4.08. The molecule has 0 saturated heterocycles. The summed E-state index contributed by atoms with van der Waals surface area (Å²) in [7, 11) is 0. The van der Waals surface area contributed by atoms with Gasteiger partial charge in [0.05, 0.1) is 11.4 Å². The Morgan fingerprint density at radius 1 is 1.28 bits per heavy atom. The molecule has 0 aromatic carbocycles. The van der Waals surface area contributed by atoms with Gasteiger partial charge in [-0.25, -0.2) is 4.98 Å². The molecular formula is C14H19N3S. The Bertz CT molecular complexity index is 500. The topological polar surface area (TPSA) is 37.8 Å². The Hall–Kier alpha value is -1.26. The first-order valence-electron chi connectivity index (χ1n) is 6.27. The first-order chi connectivity index (χ1) is 8.70. The molecule has 0 saturated carbocycles. The molecule has 18 heavy (non-hydrogen) atoms. The van der Waals surface area contributed by atoms with Crippen molar-refractivity contribution < 1.29 is 0 Å². The minimum absolute atomic E-state index is 0.807. The molecule has 0 aliphatic rings. The van der Waals surface area contributed by atoms with E-state index in [1.54, 1.807) is 11.3 Å². The zero-order valence-corrected chi connectivity index (χ0v) is 12.0. The van der Waals surface area contributed by atoms with Crippen molar-refractivity contribution in [2.45, 2.75) is 40.3 Å². The average molecular weight is 261 g/mol. The van der Waals surface area contributed by atoms with Gasteiger partial charge in [-0.05, 0) is 31.9 Å². The lowest BCUT2D eigenvalue weighted by atomic mass is 10.1. The van der Waals surface area contributed by atoms with E-state index in [1.807, 2.05) is 12.3 Å². The third-order valence-electron chi connectivity index (χ3n) is 3.01. The van der Waals surface area contributed by atoms with Crippen molar-refractivity contribution in [3.05, 3.63) is 45.2 Å². The summed E-state index contributed by atoms with van der Waals surface area (Å²) in [6.07, 6.45) is 2.88. The zero-order valence-electron chi connectivity index (χ0n) is 11.2. The van der Waals surface area contributed by atoms with Crippen LogP contribution >= 0.6 is 11.3 Å². The molecule has 2 aromatic heterocycles. The summed E-state index contributed by atoms with van der Waals surface area (Å²) >= 11 is 1.77. The van der Waals surface area contributed by atoms with Crippen LogP contribution in [0.15, 0.2) is 18.3 Å². The van der Waals surface area contributed by atoms with Crippen LogP contribution in [0.2, 0.25) is 0 Å². The highest BCUT2D eigenvalue weighted by atomic mass is 32.1. The smallest absolute Gasteiger partial charge is 0.107 e. The molecule has 0 atom stereocenters. The van der Waals surface area contributed by atoms with Gasteiger partial charge in [0, 0.05) is 24.2 Å². The number of rotatable bonds is 5. The van der Waals surface area contributed by atoms with Crippen LogP contribution in [0.25, 0.3) is 0 Å². The summed E-state index contributed by atoms with van der Waals surface area (Å²) in [5.41, 5.74) is 3.60. The van der Waals surface area contributed by atoms with Gasteiger partial charge in [-0.2, -0.15) is 0 Å². The number of nitrogens with zero attached hydrogens (tertiary/aromatic N) is 2. The van der Waals surface area contributed by atoms with Gasteiger partial charge < -0.3 is 5.32 Å². The summed E-state index contributed by atoms with van der Waals surface area (Å²) in [5, 5.41) is 4.57. The van der Waals surface area contributed by atoms with E-state index in [-0.39, 0.29) is 0 Å². The Morgan fingerprint density at radius 2 is 2.11 bits per heavy atom. The molecule has 0 bridgehead atoms. The lowest BCUT2D eigenvalue weighted by molar-refractivity contribution is 0.670. The number of hydrogen-bond acceptors (Lipinski definition) is 4. The number of pyridine rings is 1. The molecular weight excluding hydrogens is 242 g/mol. The van der Waals surface area contributed by atoms with Crippen molar-refractivity contribution >= 4 is 11.3 Å². The van der Waals surface area contributed by atoms with Gasteiger partial charge in [0.25, 0.3) is 0 Å². The first-order valence-corrected chi connectivity index (χ1v) is 7.08. The molecule has 0 aliphatic carbocycles. The highest BCUT2D eigenvalue weighted by Gasteiger charge is 2.04. The van der Waals surface area contributed by atoms with Crippen LogP contribution < -0.4 is 5.32 Å². The maximum atomic E-state index is 4.52. The standard InChI is InChI=1S/C14H19N3S/c1-4-12-6-5-7-16-13(12)8-15-9-14-17-10(2)11(3)18-14/h5-7,15H,4,8-9H2,1-3H3. The fourth-order valence-corrected chi connectivity index (χ4v) is 2.76. The molecule has 2 heterocycles. The molecule has 0 amide bonds. The average Bonchev–Trinajstić information content (AvgIpc) is 2.69. The molecule has 0 spiro atoms. The van der Waals surface area contributed by atoms with E-state index < -0.39 is 0 Å². The van der Waals surface area contributed by atoms with E-state index in [1.165, 1.54) is 10.4 Å². The lowest BCUT2D eigenvalue weighted by Crippen LogP contribution is -2.15. The second-order valence-electron chi connectivity index (χ2n) is 4.32. The zero-order chi connectivity index (χ0) is 13.0. The van der Waals surface area contributed by atoms with Crippen molar-refractivity contribution in [2.75, 3.05) is 0 Å². The van der Waals surface area contributed by atoms with Gasteiger partial charge >= 0.3 is 0 Å². The predicted octanol–water partition coefficient (Wildman–Crippen LogP) is 3.01. The van der Waals surface area contributed by atoms with E-state index in [4.69, 9.17) is 0 Å². The van der Waals surface area contributed by atoms with Crippen LogP contribution in [0.4, 0.5) is 0 Å². The van der Waals surface area contributed by atoms with Crippen molar-refractivity contribution in [3.63, 3.8) is 0 Å². The lowest BCUT2D eigenvalue weighted by Gasteiger charge is -2.06. The monoisotopic (exact) mass is 261 g/mol. The highest BCUT2D eigenvalue weighted by Crippen LogP contribution is 2.16. The summed E-state index contributed by atoms with van der Waals surface area (Å²) in [6, 6.07) is 4.14. The van der Waals surface area contributed by atoms with Crippen molar-refractivity contribution in [1.82, 2.24) is 15.3 Å². The molecule has 0 unspecified atom stereocenters. The molecule has 0 fully saturated rings. The SMILES string of the molecule is CCc1cccnc1CNCc1nc(C)c(C)s1. The van der Waals surface area contributed by atoms with Crippen LogP contribution in [0, 0.1) is 13.8 Å². The minimum Gasteiger partial charge on any atom is -0.305 e. The van der Waals surface area contributed by atoms with Gasteiger partial charge in [0.1, 0.15) is 5.01 Å². The van der Waals surface area contributed by atoms with Crippen molar-refractivity contribution in [1.29, 1.82) is 0 Å². The highest BCUT2D eigenvalue weighted by molar-refractivity contribution is 7.11. The van der Waals surface area contributed by atoms with Crippen LogP contribution in [0.3, 0.4) is 0 Å². The van der Waals surface area contributed by atoms with Gasteiger partial charge in [0.2, 0.25) is 0 Å². The fourth-order valence-electron chi connectivity index (χ4n) is 1.85. The van der Waals surface area contributed by atoms with E-state index in [0.717, 1.165) is 35.9 Å². The van der Waals surface area contributed by atoms with Crippen LogP contribution in [-0.2, 0) is 19.5 Å². The normalized spacial score (nSPS) is 10.8. The molecule has 2 rings (SSSR count). The molecule has 4 heteroatoms. The quantitative estimate of drug-likeness (QED) is 0.899. The van der Waals surface area contributed by atoms with Gasteiger partial charge in [0.15, 0.2) is 0 Å². The number of thiazole rings is 1. The van der Waals surface area contributed by atoms with Crippen LogP contribution in [0.5, 0.6) is 0 Å². The molecule has 3 nitrogen and oxygen atoms in total. The number of hydrogen-bond donors (Lipinski definition) is 1. The summed E-state index contributed by atoms with van der Waals surface area (Å²) < 4.78 is 0. The Morgan fingerprint density at radius 3 is 2.78 bits per heavy atom. The number of aromatic nitrogens is 2. The van der Waals surface area contributed by atoms with Crippen molar-refractivity contribution in [2.24, 2.45) is 0 Å². The minimum atomic E-state index is 0.807. The summed E-state index contributed by atoms with van der Waals surface area (Å²) in [5.74, 6) is 0. The van der Waals surface area contributed by atoms with E-state index in [9.17, 15) is 0 Å². The van der Waals surface area contributed by atoms with Gasteiger partial charge in [-0.1, -0.05) is 13.0 Å².